The second-order valence-electron chi connectivity index (χ2n) is 5.74. The van der Waals surface area contributed by atoms with E-state index in [2.05, 4.69) is 19.2 Å². The van der Waals surface area contributed by atoms with Crippen LogP contribution < -0.4 is 5.32 Å². The highest BCUT2D eigenvalue weighted by Crippen LogP contribution is 2.26. The normalized spacial score (nSPS) is 23.7. The summed E-state index contributed by atoms with van der Waals surface area (Å²) in [7, 11) is 0. The second-order valence-corrected chi connectivity index (χ2v) is 5.74. The van der Waals surface area contributed by atoms with Crippen molar-refractivity contribution in [1.29, 1.82) is 0 Å². The van der Waals surface area contributed by atoms with Gasteiger partial charge in [-0.25, -0.2) is 0 Å². The van der Waals surface area contributed by atoms with Crippen molar-refractivity contribution in [3.8, 4) is 0 Å². The average Bonchev–Trinajstić information content (AvgIpc) is 2.86. The summed E-state index contributed by atoms with van der Waals surface area (Å²) in [6, 6.07) is 2.04. The molecule has 3 heteroatoms. The minimum Gasteiger partial charge on any atom is -0.468 e. The van der Waals surface area contributed by atoms with Crippen LogP contribution in [0, 0.1) is 5.92 Å². The zero-order valence-corrected chi connectivity index (χ0v) is 12.3. The SMILES string of the molecule is CCCNCc1occc1COC1CCC(C)CC1. The van der Waals surface area contributed by atoms with E-state index in [9.17, 15) is 0 Å². The predicted molar refractivity (Wildman–Crippen MR) is 76.9 cm³/mol. The van der Waals surface area contributed by atoms with Crippen molar-refractivity contribution in [2.24, 2.45) is 5.92 Å². The van der Waals surface area contributed by atoms with Crippen molar-refractivity contribution < 1.29 is 9.15 Å². The van der Waals surface area contributed by atoms with E-state index in [1.807, 2.05) is 6.07 Å². The number of ether oxygens (including phenoxy) is 1. The molecule has 1 saturated carbocycles. The quantitative estimate of drug-likeness (QED) is 0.760. The first-order valence-electron chi connectivity index (χ1n) is 7.67. The zero-order valence-electron chi connectivity index (χ0n) is 12.3. The molecule has 3 nitrogen and oxygen atoms in total. The molecule has 0 bridgehead atoms. The van der Waals surface area contributed by atoms with Gasteiger partial charge in [0.1, 0.15) is 5.76 Å². The van der Waals surface area contributed by atoms with Gasteiger partial charge >= 0.3 is 0 Å². The summed E-state index contributed by atoms with van der Waals surface area (Å²) in [4.78, 5) is 0. The molecule has 1 aliphatic rings. The van der Waals surface area contributed by atoms with Crippen molar-refractivity contribution in [2.45, 2.75) is 65.2 Å². The van der Waals surface area contributed by atoms with Crippen LogP contribution in [0.4, 0.5) is 0 Å². The molecule has 0 radical (unpaired) electrons. The summed E-state index contributed by atoms with van der Waals surface area (Å²) in [5.74, 6) is 1.90. The lowest BCUT2D eigenvalue weighted by atomic mass is 9.89. The Bertz CT molecular complexity index is 353. The maximum absolute atomic E-state index is 6.03. The fourth-order valence-corrected chi connectivity index (χ4v) is 2.63. The lowest BCUT2D eigenvalue weighted by Crippen LogP contribution is -2.20. The summed E-state index contributed by atoms with van der Waals surface area (Å²) in [5, 5.41) is 3.37. The summed E-state index contributed by atoms with van der Waals surface area (Å²) < 4.78 is 11.6. The van der Waals surface area contributed by atoms with E-state index in [1.165, 1.54) is 31.2 Å². The van der Waals surface area contributed by atoms with Crippen LogP contribution in [-0.4, -0.2) is 12.6 Å². The van der Waals surface area contributed by atoms with Crippen LogP contribution in [0.3, 0.4) is 0 Å². The molecule has 0 saturated heterocycles. The van der Waals surface area contributed by atoms with Crippen molar-refractivity contribution in [2.75, 3.05) is 6.54 Å². The van der Waals surface area contributed by atoms with E-state index in [4.69, 9.17) is 9.15 Å². The molecular weight excluding hydrogens is 238 g/mol. The molecule has 108 valence electrons. The molecule has 1 aliphatic carbocycles. The summed E-state index contributed by atoms with van der Waals surface area (Å²) in [6.07, 6.45) is 8.40. The van der Waals surface area contributed by atoms with Crippen LogP contribution in [0.1, 0.15) is 57.3 Å². The smallest absolute Gasteiger partial charge is 0.123 e. The number of hydrogen-bond donors (Lipinski definition) is 1. The minimum atomic E-state index is 0.447. The van der Waals surface area contributed by atoms with Gasteiger partial charge in [-0.2, -0.15) is 0 Å². The van der Waals surface area contributed by atoms with Crippen LogP contribution >= 0.6 is 0 Å². The van der Waals surface area contributed by atoms with Crippen LogP contribution in [0.5, 0.6) is 0 Å². The van der Waals surface area contributed by atoms with Gasteiger partial charge in [0.25, 0.3) is 0 Å². The molecule has 0 unspecified atom stereocenters. The third-order valence-corrected chi connectivity index (χ3v) is 3.99. The fourth-order valence-electron chi connectivity index (χ4n) is 2.63. The molecule has 0 atom stereocenters. The predicted octanol–water partition coefficient (Wildman–Crippen LogP) is 3.87. The molecule has 0 aliphatic heterocycles. The van der Waals surface area contributed by atoms with Crippen molar-refractivity contribution in [3.05, 3.63) is 23.7 Å². The van der Waals surface area contributed by atoms with Crippen LogP contribution in [0.25, 0.3) is 0 Å². The average molecular weight is 265 g/mol. The Morgan fingerprint density at radius 3 is 2.84 bits per heavy atom. The monoisotopic (exact) mass is 265 g/mol. The Labute approximate surface area is 116 Å². The fraction of sp³-hybridized carbons (Fsp3) is 0.750. The van der Waals surface area contributed by atoms with E-state index in [0.717, 1.165) is 31.2 Å². The highest BCUT2D eigenvalue weighted by Gasteiger charge is 2.19. The molecule has 1 aromatic rings. The van der Waals surface area contributed by atoms with Gasteiger partial charge < -0.3 is 14.5 Å². The first-order valence-corrected chi connectivity index (χ1v) is 7.67. The topological polar surface area (TPSA) is 34.4 Å². The van der Waals surface area contributed by atoms with Gasteiger partial charge in [-0.05, 0) is 50.6 Å². The van der Waals surface area contributed by atoms with Gasteiger partial charge in [0.2, 0.25) is 0 Å². The van der Waals surface area contributed by atoms with Gasteiger partial charge in [0.05, 0.1) is 25.5 Å². The molecule has 1 fully saturated rings. The van der Waals surface area contributed by atoms with E-state index >= 15 is 0 Å². The van der Waals surface area contributed by atoms with Gasteiger partial charge in [0.15, 0.2) is 0 Å². The van der Waals surface area contributed by atoms with E-state index < -0.39 is 0 Å². The van der Waals surface area contributed by atoms with Crippen molar-refractivity contribution in [1.82, 2.24) is 5.32 Å². The molecule has 1 aromatic heterocycles. The molecule has 2 rings (SSSR count). The Balaban J connectivity index is 1.74. The second kappa shape index (κ2) is 7.71. The summed E-state index contributed by atoms with van der Waals surface area (Å²) >= 11 is 0. The highest BCUT2D eigenvalue weighted by molar-refractivity contribution is 5.15. The standard InChI is InChI=1S/C16H27NO2/c1-3-9-17-11-16-14(8-10-18-16)12-19-15-6-4-13(2)5-7-15/h8,10,13,15,17H,3-7,9,11-12H2,1-2H3. The maximum Gasteiger partial charge on any atom is 0.123 e. The summed E-state index contributed by atoms with van der Waals surface area (Å²) in [6.45, 7) is 7.04. The van der Waals surface area contributed by atoms with Crippen molar-refractivity contribution >= 4 is 0 Å². The Kier molecular flexibility index (Phi) is 5.93. The van der Waals surface area contributed by atoms with Crippen LogP contribution in [-0.2, 0) is 17.9 Å². The van der Waals surface area contributed by atoms with Gasteiger partial charge in [-0.3, -0.25) is 0 Å². The third kappa shape index (κ3) is 4.66. The minimum absolute atomic E-state index is 0.447. The molecular formula is C16H27NO2. The third-order valence-electron chi connectivity index (χ3n) is 3.99. The van der Waals surface area contributed by atoms with Gasteiger partial charge in [-0.15, -0.1) is 0 Å². The van der Waals surface area contributed by atoms with E-state index in [-0.39, 0.29) is 0 Å². The molecule has 0 spiro atoms. The lowest BCUT2D eigenvalue weighted by Gasteiger charge is -2.26. The molecule has 0 aromatic carbocycles. The zero-order chi connectivity index (χ0) is 13.5. The van der Waals surface area contributed by atoms with E-state index in [0.29, 0.717) is 12.7 Å². The first-order chi connectivity index (χ1) is 9.29. The van der Waals surface area contributed by atoms with Crippen LogP contribution in [0.15, 0.2) is 16.7 Å². The maximum atomic E-state index is 6.03. The van der Waals surface area contributed by atoms with Gasteiger partial charge in [-0.1, -0.05) is 13.8 Å². The molecule has 19 heavy (non-hydrogen) atoms. The Hall–Kier alpha value is -0.800. The number of nitrogens with one attached hydrogen (secondary N) is 1. The highest BCUT2D eigenvalue weighted by atomic mass is 16.5. The molecule has 0 amide bonds. The lowest BCUT2D eigenvalue weighted by molar-refractivity contribution is 0.00815. The van der Waals surface area contributed by atoms with Crippen molar-refractivity contribution in [3.63, 3.8) is 0 Å². The summed E-state index contributed by atoms with van der Waals surface area (Å²) in [5.41, 5.74) is 1.20. The molecule has 1 N–H and O–H groups in total. The number of furan rings is 1. The van der Waals surface area contributed by atoms with Crippen LogP contribution in [0.2, 0.25) is 0 Å². The Morgan fingerprint density at radius 2 is 2.11 bits per heavy atom. The number of rotatable bonds is 7. The number of hydrogen-bond acceptors (Lipinski definition) is 3. The molecule has 1 heterocycles. The Morgan fingerprint density at radius 1 is 1.32 bits per heavy atom. The first kappa shape index (κ1) is 14.6. The van der Waals surface area contributed by atoms with Gasteiger partial charge in [0, 0.05) is 5.56 Å². The van der Waals surface area contributed by atoms with E-state index in [1.54, 1.807) is 6.26 Å². The largest absolute Gasteiger partial charge is 0.468 e.